The molecule has 0 bridgehead atoms. The number of nitrogens with zero attached hydrogens (tertiary/aromatic N) is 2. The number of aromatic amines is 1. The molecule has 1 unspecified atom stereocenters. The van der Waals surface area contributed by atoms with E-state index in [9.17, 15) is 19.5 Å². The Labute approximate surface area is 193 Å². The van der Waals surface area contributed by atoms with Crippen LogP contribution in [0.25, 0.3) is 16.9 Å². The van der Waals surface area contributed by atoms with E-state index in [1.165, 1.54) is 0 Å². The lowest BCUT2D eigenvalue weighted by Crippen LogP contribution is -2.30. The fraction of sp³-hybridized carbons (Fsp3) is 0.0833. The summed E-state index contributed by atoms with van der Waals surface area (Å²) in [6.45, 7) is 0. The van der Waals surface area contributed by atoms with Gasteiger partial charge in [0.15, 0.2) is 0 Å². The Balaban J connectivity index is 1.58. The maximum absolute atomic E-state index is 12.8. The van der Waals surface area contributed by atoms with Crippen molar-refractivity contribution in [2.24, 2.45) is 0 Å². The third kappa shape index (κ3) is 5.02. The minimum Gasteiger partial charge on any atom is -0.481 e. The van der Waals surface area contributed by atoms with Gasteiger partial charge in [-0.25, -0.2) is 4.68 Å². The quantitative estimate of drug-likeness (QED) is 0.386. The molecule has 4 rings (SSSR count). The van der Waals surface area contributed by atoms with Crippen molar-refractivity contribution in [3.63, 3.8) is 0 Å². The molecule has 0 spiro atoms. The first kappa shape index (κ1) is 22.0. The molecule has 0 saturated heterocycles. The highest BCUT2D eigenvalue weighted by atomic mass is 35.5. The Morgan fingerprint density at radius 3 is 2.45 bits per heavy atom. The van der Waals surface area contributed by atoms with Gasteiger partial charge in [-0.2, -0.15) is 0 Å². The third-order valence-electron chi connectivity index (χ3n) is 5.02. The molecule has 0 fully saturated rings. The predicted molar refractivity (Wildman–Crippen MR) is 124 cm³/mol. The van der Waals surface area contributed by atoms with Crippen molar-refractivity contribution >= 4 is 23.5 Å². The van der Waals surface area contributed by atoms with Crippen LogP contribution in [0.4, 0.5) is 0 Å². The zero-order valence-corrected chi connectivity index (χ0v) is 18.0. The lowest BCUT2D eigenvalue weighted by Gasteiger charge is -2.17. The molecule has 0 radical (unpaired) electrons. The van der Waals surface area contributed by atoms with Crippen molar-refractivity contribution in [2.45, 2.75) is 12.5 Å². The van der Waals surface area contributed by atoms with Gasteiger partial charge < -0.3 is 10.4 Å². The summed E-state index contributed by atoms with van der Waals surface area (Å²) in [6.07, 6.45) is 1.36. The van der Waals surface area contributed by atoms with Gasteiger partial charge in [-0.3, -0.25) is 24.5 Å². The van der Waals surface area contributed by atoms with E-state index < -0.39 is 23.5 Å². The fourth-order valence-electron chi connectivity index (χ4n) is 3.41. The second-order valence-corrected chi connectivity index (χ2v) is 7.66. The number of hydrogen-bond acceptors (Lipinski definition) is 4. The molecule has 1 amide bonds. The van der Waals surface area contributed by atoms with Crippen LogP contribution >= 0.6 is 11.6 Å². The molecular weight excluding hydrogens is 444 g/mol. The third-order valence-corrected chi connectivity index (χ3v) is 5.34. The summed E-state index contributed by atoms with van der Waals surface area (Å²) in [7, 11) is 0. The minimum absolute atomic E-state index is 0.0135. The Hall–Kier alpha value is -4.17. The molecule has 3 N–H and O–H groups in total. The first-order valence-electron chi connectivity index (χ1n) is 10.0. The summed E-state index contributed by atoms with van der Waals surface area (Å²) in [5.74, 6) is -1.69. The van der Waals surface area contributed by atoms with E-state index >= 15 is 0 Å². The fourth-order valence-corrected chi connectivity index (χ4v) is 3.63. The van der Waals surface area contributed by atoms with E-state index in [1.54, 1.807) is 42.6 Å². The van der Waals surface area contributed by atoms with Gasteiger partial charge in [0.2, 0.25) is 0 Å². The molecular formula is C24H19ClN4O4. The van der Waals surface area contributed by atoms with Gasteiger partial charge in [-0.1, -0.05) is 54.1 Å². The number of H-pyrrole nitrogens is 1. The molecule has 1 atom stereocenters. The molecule has 166 valence electrons. The molecule has 8 nitrogen and oxygen atoms in total. The minimum atomic E-state index is -1.07. The molecule has 0 aliphatic carbocycles. The van der Waals surface area contributed by atoms with Crippen molar-refractivity contribution in [3.8, 4) is 16.9 Å². The maximum Gasteiger partial charge on any atom is 0.305 e. The molecule has 0 aliphatic rings. The van der Waals surface area contributed by atoms with Crippen LogP contribution in [0.1, 0.15) is 28.5 Å². The summed E-state index contributed by atoms with van der Waals surface area (Å²) in [5, 5.41) is 15.1. The standard InChI is InChI=1S/C24H19ClN4O4/c25-17-5-1-2-7-21(17)29-22(30)13-20(28-29)24(33)27-19(14-23(31)32)16-10-8-15(9-11-16)18-6-3-4-12-26-18/h1-13,19,28H,14H2,(H,27,33)(H,31,32). The van der Waals surface area contributed by atoms with Crippen molar-refractivity contribution in [1.29, 1.82) is 0 Å². The van der Waals surface area contributed by atoms with Crippen molar-refractivity contribution in [3.05, 3.63) is 106 Å². The number of nitrogens with one attached hydrogen (secondary N) is 2. The molecule has 4 aromatic rings. The number of aromatic nitrogens is 3. The number of benzene rings is 2. The number of rotatable bonds is 7. The van der Waals surface area contributed by atoms with Crippen LogP contribution in [0.2, 0.25) is 5.02 Å². The monoisotopic (exact) mass is 462 g/mol. The zero-order valence-electron chi connectivity index (χ0n) is 17.2. The summed E-state index contributed by atoms with van der Waals surface area (Å²) < 4.78 is 1.16. The Morgan fingerprint density at radius 1 is 1.06 bits per heavy atom. The molecule has 0 aliphatic heterocycles. The number of carbonyl (C=O) groups excluding carboxylic acids is 1. The van der Waals surface area contributed by atoms with Crippen LogP contribution in [0.15, 0.2) is 83.8 Å². The number of halogens is 1. The van der Waals surface area contributed by atoms with E-state index in [0.717, 1.165) is 22.0 Å². The van der Waals surface area contributed by atoms with Gasteiger partial charge in [-0.05, 0) is 29.8 Å². The zero-order chi connectivity index (χ0) is 23.4. The van der Waals surface area contributed by atoms with E-state index in [1.807, 2.05) is 30.3 Å². The van der Waals surface area contributed by atoms with Crippen molar-refractivity contribution in [2.75, 3.05) is 0 Å². The van der Waals surface area contributed by atoms with E-state index in [2.05, 4.69) is 15.4 Å². The highest BCUT2D eigenvalue weighted by molar-refractivity contribution is 6.32. The summed E-state index contributed by atoms with van der Waals surface area (Å²) in [6, 6.07) is 19.7. The van der Waals surface area contributed by atoms with Crippen molar-refractivity contribution < 1.29 is 14.7 Å². The SMILES string of the molecule is O=C(O)CC(NC(=O)c1cc(=O)n(-c2ccccc2Cl)[nH]1)c1ccc(-c2ccccn2)cc1. The number of carboxylic acids is 1. The first-order valence-corrected chi connectivity index (χ1v) is 10.4. The number of aliphatic carboxylic acids is 1. The Morgan fingerprint density at radius 2 is 1.79 bits per heavy atom. The molecule has 33 heavy (non-hydrogen) atoms. The Kier molecular flexibility index (Phi) is 6.37. The van der Waals surface area contributed by atoms with Crippen LogP contribution < -0.4 is 10.9 Å². The molecule has 2 aromatic carbocycles. The van der Waals surface area contributed by atoms with E-state index in [-0.39, 0.29) is 12.1 Å². The highest BCUT2D eigenvalue weighted by Crippen LogP contribution is 2.23. The van der Waals surface area contributed by atoms with Crippen LogP contribution in [0, 0.1) is 0 Å². The number of carboxylic acid groups (broad SMARTS) is 1. The van der Waals surface area contributed by atoms with Gasteiger partial charge in [0.25, 0.3) is 11.5 Å². The normalized spacial score (nSPS) is 11.7. The first-order chi connectivity index (χ1) is 15.9. The predicted octanol–water partition coefficient (Wildman–Crippen LogP) is 3.83. The van der Waals surface area contributed by atoms with E-state index in [4.69, 9.17) is 11.6 Å². The number of pyridine rings is 1. The summed E-state index contributed by atoms with van der Waals surface area (Å²) in [4.78, 5) is 41.0. The number of hydrogen-bond donors (Lipinski definition) is 3. The van der Waals surface area contributed by atoms with Gasteiger partial charge in [0.1, 0.15) is 5.69 Å². The topological polar surface area (TPSA) is 117 Å². The van der Waals surface area contributed by atoms with Gasteiger partial charge in [0.05, 0.1) is 28.9 Å². The molecule has 2 aromatic heterocycles. The highest BCUT2D eigenvalue weighted by Gasteiger charge is 2.21. The molecule has 2 heterocycles. The number of carbonyl (C=O) groups is 2. The smallest absolute Gasteiger partial charge is 0.305 e. The van der Waals surface area contributed by atoms with Crippen LogP contribution in [0.3, 0.4) is 0 Å². The Bertz CT molecular complexity index is 1350. The maximum atomic E-state index is 12.8. The lowest BCUT2D eigenvalue weighted by atomic mass is 10.0. The number of para-hydroxylation sites is 1. The lowest BCUT2D eigenvalue weighted by molar-refractivity contribution is -0.137. The second kappa shape index (κ2) is 9.54. The van der Waals surface area contributed by atoms with Gasteiger partial charge in [-0.15, -0.1) is 0 Å². The molecule has 0 saturated carbocycles. The summed E-state index contributed by atoms with van der Waals surface area (Å²) in [5.41, 5.74) is 2.17. The largest absolute Gasteiger partial charge is 0.481 e. The van der Waals surface area contributed by atoms with Crippen molar-refractivity contribution in [1.82, 2.24) is 20.1 Å². The van der Waals surface area contributed by atoms with E-state index in [0.29, 0.717) is 16.3 Å². The van der Waals surface area contributed by atoms with Crippen LogP contribution in [-0.4, -0.2) is 31.7 Å². The number of amides is 1. The average Bonchev–Trinajstić information content (AvgIpc) is 3.21. The van der Waals surface area contributed by atoms with Crippen LogP contribution in [-0.2, 0) is 4.79 Å². The van der Waals surface area contributed by atoms with Gasteiger partial charge in [0, 0.05) is 17.8 Å². The second-order valence-electron chi connectivity index (χ2n) is 7.26. The summed E-state index contributed by atoms with van der Waals surface area (Å²) >= 11 is 6.15. The molecule has 9 heteroatoms. The van der Waals surface area contributed by atoms with Gasteiger partial charge >= 0.3 is 5.97 Å². The average molecular weight is 463 g/mol. The van der Waals surface area contributed by atoms with Crippen LogP contribution in [0.5, 0.6) is 0 Å².